The first-order chi connectivity index (χ1) is 48.3. The van der Waals surface area contributed by atoms with Crippen molar-refractivity contribution in [3.05, 3.63) is 108 Å². The largest absolute Gasteiger partial charge is 0.391 e. The number of benzene rings is 3. The van der Waals surface area contributed by atoms with Gasteiger partial charge in [0.1, 0.15) is 59.9 Å². The van der Waals surface area contributed by atoms with E-state index in [0.717, 1.165) is 11.3 Å². The van der Waals surface area contributed by atoms with Crippen LogP contribution < -0.4 is 26.6 Å². The molecule has 0 bridgehead atoms. The van der Waals surface area contributed by atoms with Crippen LogP contribution in [0.15, 0.2) is 91.0 Å². The number of likely N-dealkylation sites (N-methyl/N-ethyl adjacent to an activating group) is 6. The average Bonchev–Trinajstić information content (AvgIpc) is 0.799. The molecule has 2 saturated heterocycles. The van der Waals surface area contributed by atoms with Crippen molar-refractivity contribution in [2.75, 3.05) is 68.5 Å². The van der Waals surface area contributed by atoms with Crippen LogP contribution in [0, 0.1) is 17.8 Å². The summed E-state index contributed by atoms with van der Waals surface area (Å²) in [6.45, 7) is 20.0. The van der Waals surface area contributed by atoms with Gasteiger partial charge in [-0.15, -0.1) is 0 Å². The molecule has 3 aromatic rings. The zero-order valence-corrected chi connectivity index (χ0v) is 64.0. The predicted molar refractivity (Wildman–Crippen MR) is 392 cm³/mol. The molecule has 26 heteroatoms. The molecule has 103 heavy (non-hydrogen) atoms. The first kappa shape index (κ1) is 84.9. The van der Waals surface area contributed by atoms with Crippen LogP contribution in [0.25, 0.3) is 0 Å². The molecule has 1 unspecified atom stereocenters. The van der Waals surface area contributed by atoms with Crippen LogP contribution in [0.4, 0.5) is 0 Å². The summed E-state index contributed by atoms with van der Waals surface area (Å²) in [5.41, 5.74) is -0.760. The summed E-state index contributed by atoms with van der Waals surface area (Å²) in [6, 6.07) is 13.7. The number of hydrogen-bond donors (Lipinski definition) is 6. The summed E-state index contributed by atoms with van der Waals surface area (Å²) < 4.78 is 6.25. The molecule has 0 aromatic heterocycles. The van der Waals surface area contributed by atoms with Gasteiger partial charge in [-0.2, -0.15) is 0 Å². The Morgan fingerprint density at radius 2 is 0.981 bits per heavy atom. The van der Waals surface area contributed by atoms with E-state index < -0.39 is 162 Å². The van der Waals surface area contributed by atoms with Gasteiger partial charge in [0.15, 0.2) is 0 Å². The smallest absolute Gasteiger partial charge is 0.248 e. The predicted octanol–water partition coefficient (Wildman–Crippen LogP) is 3.89. The summed E-state index contributed by atoms with van der Waals surface area (Å²) in [4.78, 5) is 189. The molecule has 0 aliphatic carbocycles. The van der Waals surface area contributed by atoms with E-state index in [2.05, 4.69) is 26.6 Å². The molecule has 0 spiro atoms. The number of ether oxygens (including phenoxy) is 1. The highest BCUT2D eigenvalue weighted by Crippen LogP contribution is 2.27. The lowest BCUT2D eigenvalue weighted by Gasteiger charge is -2.41. The van der Waals surface area contributed by atoms with E-state index in [4.69, 9.17) is 4.74 Å². The van der Waals surface area contributed by atoms with Crippen LogP contribution in [0.1, 0.15) is 145 Å². The Balaban J connectivity index is 1.72. The van der Waals surface area contributed by atoms with Crippen molar-refractivity contribution in [3.8, 4) is 0 Å². The summed E-state index contributed by atoms with van der Waals surface area (Å²) in [7, 11) is 8.27. The van der Waals surface area contributed by atoms with Crippen molar-refractivity contribution < 1.29 is 67.4 Å². The van der Waals surface area contributed by atoms with Crippen LogP contribution in [-0.2, 0) is 81.5 Å². The third-order valence-electron chi connectivity index (χ3n) is 19.2. The zero-order chi connectivity index (χ0) is 77.0. The molecular formula is C77H116N12O14. The fourth-order valence-corrected chi connectivity index (χ4v) is 13.1. The van der Waals surface area contributed by atoms with Gasteiger partial charge in [0.05, 0.1) is 31.3 Å². The second kappa shape index (κ2) is 38.7. The summed E-state index contributed by atoms with van der Waals surface area (Å²) in [5.74, 6) is -9.88. The molecule has 568 valence electrons. The molecule has 2 heterocycles. The number of carbonyl (C=O) groups is 12. The maximum absolute atomic E-state index is 15.8. The average molecular weight is 1430 g/mol. The number of carbonyl (C=O) groups excluding carboxylic acids is 12. The van der Waals surface area contributed by atoms with E-state index in [1.165, 1.54) is 87.6 Å². The van der Waals surface area contributed by atoms with Gasteiger partial charge in [-0.3, -0.25) is 57.5 Å². The second-order valence-electron chi connectivity index (χ2n) is 30.4. The van der Waals surface area contributed by atoms with Crippen LogP contribution in [-0.4, -0.2) is 250 Å². The topological polar surface area (TPSA) is 317 Å². The Kier molecular flexibility index (Phi) is 31.8. The fourth-order valence-electron chi connectivity index (χ4n) is 13.1. The van der Waals surface area contributed by atoms with E-state index in [1.54, 1.807) is 117 Å². The van der Waals surface area contributed by atoms with Crippen molar-refractivity contribution in [3.63, 3.8) is 0 Å². The Hall–Kier alpha value is -8.78. The van der Waals surface area contributed by atoms with Gasteiger partial charge in [0.25, 0.3) is 0 Å². The molecule has 2 aliphatic heterocycles. The second-order valence-corrected chi connectivity index (χ2v) is 30.4. The lowest BCUT2D eigenvalue weighted by molar-refractivity contribution is -0.153. The molecule has 6 N–H and O–H groups in total. The highest BCUT2D eigenvalue weighted by Gasteiger charge is 2.46. The number of aliphatic hydroxyl groups is 1. The number of nitrogens with zero attached hydrogens (tertiary/aromatic N) is 7. The molecule has 3 aromatic carbocycles. The van der Waals surface area contributed by atoms with Crippen molar-refractivity contribution in [1.82, 2.24) is 60.9 Å². The van der Waals surface area contributed by atoms with E-state index >= 15 is 28.8 Å². The molecule has 2 aliphatic rings. The minimum atomic E-state index is -1.75. The Labute approximate surface area is 609 Å². The van der Waals surface area contributed by atoms with Gasteiger partial charge in [0.2, 0.25) is 70.9 Å². The SMILES string of the molecule is CC(C)C[C@@H]1NC(=O)[C@H](Cc2ccccc2)N(C)C(=O)C(C)NC(=O)C[C@@H](C(=O)N2CCCCC2)NC(=O)[C@H](Cc2ccccc2)N(C)C(=O)[C@H](Cc2ccccc2)N(C)C(=O)[C@H](COC(C)(C)C)NC(=O)[C@](C)(CC(C)C)N(C)C(=O)CN(C)C(=O)[C@H]([C@@H](C)O)NC(=O)[C@H](CC(C)C)N(C)C1=O. The number of nitrogens with one attached hydrogen (secondary N) is 5. The third kappa shape index (κ3) is 24.4. The highest BCUT2D eigenvalue weighted by molar-refractivity contribution is 6.01. The van der Waals surface area contributed by atoms with Crippen molar-refractivity contribution >= 4 is 70.9 Å². The number of amides is 12. The molecule has 12 amide bonds. The lowest BCUT2D eigenvalue weighted by atomic mass is 9.87. The van der Waals surface area contributed by atoms with E-state index in [1.807, 2.05) is 41.5 Å². The molecule has 0 saturated carbocycles. The maximum Gasteiger partial charge on any atom is 0.248 e. The summed E-state index contributed by atoms with van der Waals surface area (Å²) in [6.07, 6.45) is -0.205. The molecular weight excluding hydrogens is 1320 g/mol. The van der Waals surface area contributed by atoms with Gasteiger partial charge in [-0.1, -0.05) is 133 Å². The number of aliphatic hydroxyl groups excluding tert-OH is 1. The van der Waals surface area contributed by atoms with Gasteiger partial charge in [0, 0.05) is 74.6 Å². The van der Waals surface area contributed by atoms with Crippen molar-refractivity contribution in [2.24, 2.45) is 17.8 Å². The molecule has 2 fully saturated rings. The summed E-state index contributed by atoms with van der Waals surface area (Å²) >= 11 is 0. The van der Waals surface area contributed by atoms with Gasteiger partial charge in [-0.05, 0) is 115 Å². The van der Waals surface area contributed by atoms with Crippen molar-refractivity contribution in [2.45, 2.75) is 219 Å². The van der Waals surface area contributed by atoms with Gasteiger partial charge in [-0.25, -0.2) is 0 Å². The molecule has 11 atom stereocenters. The van der Waals surface area contributed by atoms with Gasteiger partial charge >= 0.3 is 0 Å². The van der Waals surface area contributed by atoms with E-state index in [-0.39, 0.29) is 56.3 Å². The lowest BCUT2D eigenvalue weighted by Crippen LogP contribution is -2.64. The first-order valence-corrected chi connectivity index (χ1v) is 36.1. The summed E-state index contributed by atoms with van der Waals surface area (Å²) in [5, 5.41) is 25.3. The molecule has 0 radical (unpaired) electrons. The number of piperidine rings is 1. The van der Waals surface area contributed by atoms with Crippen LogP contribution in [0.2, 0.25) is 0 Å². The van der Waals surface area contributed by atoms with Crippen LogP contribution in [0.3, 0.4) is 0 Å². The third-order valence-corrected chi connectivity index (χ3v) is 19.2. The van der Waals surface area contributed by atoms with E-state index in [0.29, 0.717) is 42.6 Å². The van der Waals surface area contributed by atoms with Crippen LogP contribution >= 0.6 is 0 Å². The molecule has 26 nitrogen and oxygen atoms in total. The van der Waals surface area contributed by atoms with Crippen LogP contribution in [0.5, 0.6) is 0 Å². The maximum atomic E-state index is 15.8. The first-order valence-electron chi connectivity index (χ1n) is 36.1. The zero-order valence-electron chi connectivity index (χ0n) is 64.0. The quantitative estimate of drug-likeness (QED) is 0.119. The standard InChI is InChI=1S/C77H116N12O14/c1-48(2)39-56-70(97)85(15)59(40-49(3)4)68(95)82-65(52(8)90)74(101)83(13)46-64(92)88(18)77(12,45-50(5)6)75(102)81-58(47-103-76(9,10)11)71(98)87(17)62(43-55-35-27-21-28-36-55)73(100)86(16)61(42-54-33-25-20-26-34-54)67(94)80-57(72(99)89-37-29-22-30-38-89)44-63(91)78-51(7)69(96)84(14)60(66(93)79-56)41-53-31-23-19-24-32-53/h19-21,23-28,31-36,48-52,56-62,65,90H,22,29-30,37-47H2,1-18H3,(H,78,91)(H,79,93)(H,80,94)(H,81,102)(H,82,95)/t51?,52-,56+,57+,58+,59+,60+,61+,62+,65+,77+/m1/s1. The monoisotopic (exact) mass is 1430 g/mol. The Morgan fingerprint density at radius 1 is 0.534 bits per heavy atom. The van der Waals surface area contributed by atoms with Gasteiger partial charge < -0.3 is 70.7 Å². The fraction of sp³-hybridized carbons (Fsp3) is 0.610. The number of likely N-dealkylation sites (tertiary alicyclic amines) is 1. The minimum Gasteiger partial charge on any atom is -0.391 e. The number of hydrogen-bond acceptors (Lipinski definition) is 14. The Bertz CT molecular complexity index is 3380. The van der Waals surface area contributed by atoms with E-state index in [9.17, 15) is 33.9 Å². The van der Waals surface area contributed by atoms with Crippen molar-refractivity contribution in [1.29, 1.82) is 0 Å². The minimum absolute atomic E-state index is 0.0250. The normalized spacial score (nSPS) is 25.4. The number of rotatable bonds is 16. The Morgan fingerprint density at radius 3 is 1.46 bits per heavy atom. The highest BCUT2D eigenvalue weighted by atomic mass is 16.5. The molecule has 5 rings (SSSR count).